The molecule has 3 aromatic rings. The van der Waals surface area contributed by atoms with Crippen molar-refractivity contribution in [2.75, 3.05) is 51.0 Å². The highest BCUT2D eigenvalue weighted by Gasteiger charge is 2.43. The lowest BCUT2D eigenvalue weighted by Crippen LogP contribution is -2.63. The molecule has 0 bridgehead atoms. The maximum absolute atomic E-state index is 13.7. The number of nitrogens with one attached hydrogen (secondary N) is 1. The third-order valence-electron chi connectivity index (χ3n) is 7.23. The molecule has 38 heavy (non-hydrogen) atoms. The van der Waals surface area contributed by atoms with Crippen LogP contribution in [0.2, 0.25) is 0 Å². The number of anilines is 1. The molecule has 1 amide bonds. The van der Waals surface area contributed by atoms with Crippen molar-refractivity contribution in [3.05, 3.63) is 23.3 Å². The molecule has 1 saturated carbocycles. The molecule has 204 valence electrons. The van der Waals surface area contributed by atoms with Crippen LogP contribution in [0.25, 0.3) is 16.0 Å². The number of carbonyl (C=O) groups excluding carboxylic acids is 1. The number of hydrogen-bond acceptors (Lipinski definition) is 9. The van der Waals surface area contributed by atoms with Gasteiger partial charge in [-0.2, -0.15) is 9.82 Å². The zero-order chi connectivity index (χ0) is 26.7. The zero-order valence-corrected chi connectivity index (χ0v) is 22.9. The quantitative estimate of drug-likeness (QED) is 0.442. The van der Waals surface area contributed by atoms with Crippen molar-refractivity contribution < 1.29 is 22.3 Å². The van der Waals surface area contributed by atoms with Crippen LogP contribution in [-0.4, -0.2) is 90.8 Å². The van der Waals surface area contributed by atoms with Gasteiger partial charge in [0.25, 0.3) is 0 Å². The van der Waals surface area contributed by atoms with Gasteiger partial charge in [-0.15, -0.1) is 10.2 Å². The Morgan fingerprint density at radius 1 is 1.21 bits per heavy atom. The lowest BCUT2D eigenvalue weighted by molar-refractivity contribution is -0.134. The number of carbonyl (C=O) groups is 1. The number of ether oxygens (including phenoxy) is 1. The van der Waals surface area contributed by atoms with E-state index < -0.39 is 22.2 Å². The molecular weight excluding hydrogens is 533 g/mol. The summed E-state index contributed by atoms with van der Waals surface area (Å²) in [5.74, 6) is 0.481. The monoisotopic (exact) mass is 563 g/mol. The molecular formula is C24H30FN7O4S2. The summed E-state index contributed by atoms with van der Waals surface area (Å²) in [4.78, 5) is 16.4. The van der Waals surface area contributed by atoms with Gasteiger partial charge < -0.3 is 14.5 Å². The van der Waals surface area contributed by atoms with Crippen LogP contribution in [0.5, 0.6) is 0 Å². The second-order valence-electron chi connectivity index (χ2n) is 10.6. The number of fused-ring (bicyclic) bond motifs is 1. The van der Waals surface area contributed by atoms with Crippen LogP contribution in [0.1, 0.15) is 37.6 Å². The topological polar surface area (TPSA) is 123 Å². The van der Waals surface area contributed by atoms with E-state index in [1.165, 1.54) is 17.4 Å². The minimum absolute atomic E-state index is 0.00148. The van der Waals surface area contributed by atoms with Gasteiger partial charge in [0.15, 0.2) is 0 Å². The fourth-order valence-electron chi connectivity index (χ4n) is 4.80. The average Bonchev–Trinajstić information content (AvgIpc) is 3.44. The number of aromatic nitrogens is 4. The Kier molecular flexibility index (Phi) is 6.40. The van der Waals surface area contributed by atoms with Gasteiger partial charge in [0, 0.05) is 55.3 Å². The summed E-state index contributed by atoms with van der Waals surface area (Å²) in [5, 5.41) is 15.6. The van der Waals surface area contributed by atoms with Crippen molar-refractivity contribution in [1.82, 2.24) is 29.6 Å². The number of halogens is 1. The SMILES string of the molecule is CC(C)C(=O)N1CCN(c2cc(S(=O)(=O)NC3(CF)COC3)cc3nn(-c4nnc(C5CC5)s4)cc23)CC1. The van der Waals surface area contributed by atoms with Gasteiger partial charge in [0.1, 0.15) is 17.2 Å². The van der Waals surface area contributed by atoms with Gasteiger partial charge in [-0.05, 0) is 25.0 Å². The molecule has 0 radical (unpaired) electrons. The molecule has 2 aliphatic heterocycles. The normalized spacial score (nSPS) is 19.8. The van der Waals surface area contributed by atoms with Gasteiger partial charge in [-0.25, -0.2) is 17.5 Å². The molecule has 0 unspecified atom stereocenters. The maximum atomic E-state index is 13.7. The summed E-state index contributed by atoms with van der Waals surface area (Å²) >= 11 is 1.48. The Bertz CT molecular complexity index is 1470. The van der Waals surface area contributed by atoms with E-state index in [1.807, 2.05) is 24.9 Å². The Balaban J connectivity index is 1.37. The van der Waals surface area contributed by atoms with Gasteiger partial charge in [-0.1, -0.05) is 25.2 Å². The highest BCUT2D eigenvalue weighted by Crippen LogP contribution is 2.42. The van der Waals surface area contributed by atoms with Crippen LogP contribution in [0.3, 0.4) is 0 Å². The van der Waals surface area contributed by atoms with E-state index in [4.69, 9.17) is 4.74 Å². The molecule has 0 spiro atoms. The third kappa shape index (κ3) is 4.67. The van der Waals surface area contributed by atoms with E-state index in [9.17, 15) is 17.6 Å². The van der Waals surface area contributed by atoms with Crippen LogP contribution in [0.4, 0.5) is 10.1 Å². The summed E-state index contributed by atoms with van der Waals surface area (Å²) in [6.07, 6.45) is 4.08. The summed E-state index contributed by atoms with van der Waals surface area (Å²) < 4.78 is 49.7. The Morgan fingerprint density at radius 3 is 2.55 bits per heavy atom. The van der Waals surface area contributed by atoms with Crippen molar-refractivity contribution in [2.45, 2.75) is 43.0 Å². The third-order valence-corrected chi connectivity index (χ3v) is 9.86. The summed E-state index contributed by atoms with van der Waals surface area (Å²) in [6, 6.07) is 3.11. The standard InChI is InChI=1S/C24H30FN7O4S2/c1-15(2)22(33)31-7-5-30(6-8-31)20-10-17(38(34,35)29-24(12-25)13-36-14-24)9-19-18(20)11-32(28-19)23-27-26-21(37-23)16-3-4-16/h9-11,15-16,29H,3-8,12-14H2,1-2H3. The highest BCUT2D eigenvalue weighted by atomic mass is 32.2. The fraction of sp³-hybridized carbons (Fsp3) is 0.583. The van der Waals surface area contributed by atoms with Crippen LogP contribution in [0, 0.1) is 5.92 Å². The molecule has 11 nitrogen and oxygen atoms in total. The molecule has 6 rings (SSSR count). The van der Waals surface area contributed by atoms with Crippen molar-refractivity contribution in [3.8, 4) is 5.13 Å². The molecule has 2 aromatic heterocycles. The van der Waals surface area contributed by atoms with E-state index in [0.29, 0.717) is 48.4 Å². The summed E-state index contributed by atoms with van der Waals surface area (Å²) in [5.41, 5.74) is -0.0789. The molecule has 1 aromatic carbocycles. The predicted molar refractivity (Wildman–Crippen MR) is 140 cm³/mol. The smallest absolute Gasteiger partial charge is 0.241 e. The Hall–Kier alpha value is -2.68. The van der Waals surface area contributed by atoms with Crippen LogP contribution in [0.15, 0.2) is 23.2 Å². The number of hydrogen-bond donors (Lipinski definition) is 1. The second-order valence-corrected chi connectivity index (χ2v) is 13.3. The number of piperazine rings is 1. The van der Waals surface area contributed by atoms with E-state index in [2.05, 4.69) is 24.9 Å². The molecule has 1 N–H and O–H groups in total. The number of alkyl halides is 1. The lowest BCUT2D eigenvalue weighted by atomic mass is 10.0. The van der Waals surface area contributed by atoms with Gasteiger partial charge >= 0.3 is 0 Å². The highest BCUT2D eigenvalue weighted by molar-refractivity contribution is 7.89. The van der Waals surface area contributed by atoms with Gasteiger partial charge in [0.2, 0.25) is 21.1 Å². The van der Waals surface area contributed by atoms with Crippen LogP contribution in [-0.2, 0) is 19.6 Å². The van der Waals surface area contributed by atoms with Crippen molar-refractivity contribution in [2.24, 2.45) is 5.92 Å². The number of amides is 1. The molecule has 3 aliphatic rings. The number of rotatable bonds is 8. The van der Waals surface area contributed by atoms with E-state index in [-0.39, 0.29) is 29.9 Å². The number of benzene rings is 1. The van der Waals surface area contributed by atoms with E-state index >= 15 is 0 Å². The molecule has 14 heteroatoms. The fourth-order valence-corrected chi connectivity index (χ4v) is 7.13. The first-order chi connectivity index (χ1) is 18.2. The Morgan fingerprint density at radius 2 is 1.95 bits per heavy atom. The molecule has 1 aliphatic carbocycles. The summed E-state index contributed by atoms with van der Waals surface area (Å²) in [7, 11) is -4.07. The first-order valence-corrected chi connectivity index (χ1v) is 15.1. The van der Waals surface area contributed by atoms with Crippen molar-refractivity contribution >= 4 is 43.9 Å². The molecule has 4 heterocycles. The number of nitrogens with zero attached hydrogens (tertiary/aromatic N) is 6. The zero-order valence-electron chi connectivity index (χ0n) is 21.3. The minimum Gasteiger partial charge on any atom is -0.377 e. The minimum atomic E-state index is -4.07. The number of sulfonamides is 1. The molecule has 2 saturated heterocycles. The van der Waals surface area contributed by atoms with Crippen LogP contribution < -0.4 is 9.62 Å². The van der Waals surface area contributed by atoms with E-state index in [0.717, 1.165) is 23.2 Å². The second kappa shape index (κ2) is 9.50. The summed E-state index contributed by atoms with van der Waals surface area (Å²) in [6.45, 7) is 5.03. The predicted octanol–water partition coefficient (Wildman–Crippen LogP) is 2.08. The molecule has 3 fully saturated rings. The largest absolute Gasteiger partial charge is 0.377 e. The lowest BCUT2D eigenvalue weighted by Gasteiger charge is -2.39. The first-order valence-electron chi connectivity index (χ1n) is 12.8. The molecule has 0 atom stereocenters. The maximum Gasteiger partial charge on any atom is 0.241 e. The van der Waals surface area contributed by atoms with Crippen molar-refractivity contribution in [3.63, 3.8) is 0 Å². The first kappa shape index (κ1) is 25.6. The van der Waals surface area contributed by atoms with Gasteiger partial charge in [-0.3, -0.25) is 4.79 Å². The van der Waals surface area contributed by atoms with Gasteiger partial charge in [0.05, 0.1) is 23.6 Å². The van der Waals surface area contributed by atoms with Crippen LogP contribution >= 0.6 is 11.3 Å². The Labute approximate surface area is 224 Å². The average molecular weight is 564 g/mol. The van der Waals surface area contributed by atoms with Crippen molar-refractivity contribution in [1.29, 1.82) is 0 Å². The van der Waals surface area contributed by atoms with E-state index in [1.54, 1.807) is 10.7 Å².